The van der Waals surface area contributed by atoms with Crippen molar-refractivity contribution in [1.82, 2.24) is 4.98 Å². The van der Waals surface area contributed by atoms with Crippen LogP contribution in [0.25, 0.3) is 0 Å². The number of nitrogens with zero attached hydrogens (tertiary/aromatic N) is 1. The van der Waals surface area contributed by atoms with Gasteiger partial charge in [0.2, 0.25) is 5.78 Å². The highest BCUT2D eigenvalue weighted by atomic mass is 19.1. The third-order valence-electron chi connectivity index (χ3n) is 2.00. The van der Waals surface area contributed by atoms with Gasteiger partial charge in [-0.3, -0.25) is 9.78 Å². The van der Waals surface area contributed by atoms with Crippen LogP contribution in [0.3, 0.4) is 0 Å². The third-order valence-corrected chi connectivity index (χ3v) is 2.00. The normalized spacial score (nSPS) is 9.31. The van der Waals surface area contributed by atoms with Crippen LogP contribution in [0.2, 0.25) is 0 Å². The monoisotopic (exact) mass is 217 g/mol. The Hall–Kier alpha value is -2.03. The van der Waals surface area contributed by atoms with E-state index in [0.717, 1.165) is 0 Å². The van der Waals surface area contributed by atoms with E-state index in [4.69, 9.17) is 0 Å². The summed E-state index contributed by atoms with van der Waals surface area (Å²) >= 11 is 0. The first-order chi connectivity index (χ1) is 7.27. The van der Waals surface area contributed by atoms with Gasteiger partial charge in [0, 0.05) is 11.8 Å². The van der Waals surface area contributed by atoms with Crippen LogP contribution in [0, 0.1) is 5.82 Å². The fraction of sp³-hybridized carbons (Fsp3) is 0.0769. The van der Waals surface area contributed by atoms with E-state index in [-0.39, 0.29) is 19.0 Å². The lowest BCUT2D eigenvalue weighted by Gasteiger charge is -1.99. The quantitative estimate of drug-likeness (QED) is 0.723. The molecule has 0 N–H and O–H groups in total. The van der Waals surface area contributed by atoms with Crippen molar-refractivity contribution in [3.05, 3.63) is 65.7 Å². The van der Waals surface area contributed by atoms with Gasteiger partial charge in [0.15, 0.2) is 0 Å². The van der Waals surface area contributed by atoms with Gasteiger partial charge in [0.25, 0.3) is 0 Å². The number of aromatic nitrogens is 1. The molecule has 0 saturated carbocycles. The molecule has 0 aliphatic heterocycles. The first-order valence-corrected chi connectivity index (χ1v) is 4.48. The largest absolute Gasteiger partial charge is 0.287 e. The van der Waals surface area contributed by atoms with Gasteiger partial charge < -0.3 is 0 Å². The number of carbonyl (C=O) groups is 1. The molecule has 2 nitrogen and oxygen atoms in total. The standard InChI is InChI=1S/C12H8FNO.CH4/c13-10-6-4-9(5-7-10)12(15)11-3-1-2-8-14-11;/h1-8H;1H4. The molecule has 1 aromatic heterocycles. The molecule has 0 fully saturated rings. The molecule has 16 heavy (non-hydrogen) atoms. The zero-order chi connectivity index (χ0) is 10.7. The molecule has 2 aromatic rings. The highest BCUT2D eigenvalue weighted by Crippen LogP contribution is 2.08. The third kappa shape index (κ3) is 2.51. The van der Waals surface area contributed by atoms with Crippen LogP contribution in [0.15, 0.2) is 48.7 Å². The second kappa shape index (κ2) is 5.16. The first kappa shape index (κ1) is 12.0. The minimum absolute atomic E-state index is 0. The van der Waals surface area contributed by atoms with Crippen LogP contribution in [-0.2, 0) is 0 Å². The molecule has 82 valence electrons. The van der Waals surface area contributed by atoms with Crippen molar-refractivity contribution in [2.75, 3.05) is 0 Å². The summed E-state index contributed by atoms with van der Waals surface area (Å²) in [5, 5.41) is 0. The Morgan fingerprint density at radius 1 is 1.06 bits per heavy atom. The Morgan fingerprint density at radius 2 is 1.75 bits per heavy atom. The van der Waals surface area contributed by atoms with Crippen LogP contribution in [0.1, 0.15) is 23.5 Å². The first-order valence-electron chi connectivity index (χ1n) is 4.48. The summed E-state index contributed by atoms with van der Waals surface area (Å²) in [7, 11) is 0. The Bertz CT molecular complexity index is 465. The van der Waals surface area contributed by atoms with Gasteiger partial charge in [-0.15, -0.1) is 0 Å². The van der Waals surface area contributed by atoms with Crippen molar-refractivity contribution in [1.29, 1.82) is 0 Å². The summed E-state index contributed by atoms with van der Waals surface area (Å²) < 4.78 is 12.6. The molecule has 0 amide bonds. The summed E-state index contributed by atoms with van der Waals surface area (Å²) in [6.45, 7) is 0. The van der Waals surface area contributed by atoms with E-state index < -0.39 is 0 Å². The van der Waals surface area contributed by atoms with Gasteiger partial charge in [-0.1, -0.05) is 13.5 Å². The maximum absolute atomic E-state index is 12.6. The number of hydrogen-bond acceptors (Lipinski definition) is 2. The summed E-state index contributed by atoms with van der Waals surface area (Å²) in [5.74, 6) is -0.553. The van der Waals surface area contributed by atoms with Crippen molar-refractivity contribution in [2.45, 2.75) is 7.43 Å². The molecule has 1 heterocycles. The molecule has 0 saturated heterocycles. The molecular formula is C13H12FNO. The van der Waals surface area contributed by atoms with Crippen LogP contribution in [-0.4, -0.2) is 10.8 Å². The van der Waals surface area contributed by atoms with E-state index in [0.29, 0.717) is 11.3 Å². The second-order valence-corrected chi connectivity index (χ2v) is 3.05. The number of benzene rings is 1. The van der Waals surface area contributed by atoms with Gasteiger partial charge >= 0.3 is 0 Å². The highest BCUT2D eigenvalue weighted by molar-refractivity contribution is 6.07. The predicted octanol–water partition coefficient (Wildman–Crippen LogP) is 3.09. The summed E-state index contributed by atoms with van der Waals surface area (Å²) in [5.41, 5.74) is 0.805. The topological polar surface area (TPSA) is 30.0 Å². The van der Waals surface area contributed by atoms with Crippen LogP contribution < -0.4 is 0 Å². The predicted molar refractivity (Wildman–Crippen MR) is 60.8 cm³/mol. The van der Waals surface area contributed by atoms with E-state index in [2.05, 4.69) is 4.98 Å². The molecule has 0 bridgehead atoms. The fourth-order valence-corrected chi connectivity index (χ4v) is 1.25. The smallest absolute Gasteiger partial charge is 0.211 e. The summed E-state index contributed by atoms with van der Waals surface area (Å²) in [6, 6.07) is 10.5. The minimum atomic E-state index is -0.354. The van der Waals surface area contributed by atoms with E-state index in [1.54, 1.807) is 24.4 Å². The molecule has 0 atom stereocenters. The minimum Gasteiger partial charge on any atom is -0.287 e. The molecular weight excluding hydrogens is 205 g/mol. The van der Waals surface area contributed by atoms with E-state index >= 15 is 0 Å². The Kier molecular flexibility index (Phi) is 3.89. The molecule has 1 aromatic carbocycles. The molecule has 0 spiro atoms. The summed E-state index contributed by atoms with van der Waals surface area (Å²) in [6.07, 6.45) is 1.55. The average molecular weight is 217 g/mol. The second-order valence-electron chi connectivity index (χ2n) is 3.05. The number of hydrogen-bond donors (Lipinski definition) is 0. The van der Waals surface area contributed by atoms with Crippen LogP contribution in [0.5, 0.6) is 0 Å². The molecule has 3 heteroatoms. The molecule has 0 aliphatic carbocycles. The van der Waals surface area contributed by atoms with Gasteiger partial charge in [-0.2, -0.15) is 0 Å². The average Bonchev–Trinajstić information content (AvgIpc) is 2.30. The lowest BCUT2D eigenvalue weighted by molar-refractivity contribution is 0.103. The number of halogens is 1. The Labute approximate surface area is 93.8 Å². The maximum atomic E-state index is 12.6. The molecule has 2 rings (SSSR count). The van der Waals surface area contributed by atoms with Crippen LogP contribution >= 0.6 is 0 Å². The summed E-state index contributed by atoms with van der Waals surface area (Å²) in [4.78, 5) is 15.7. The number of carbonyl (C=O) groups excluding carboxylic acids is 1. The number of ketones is 1. The zero-order valence-corrected chi connectivity index (χ0v) is 7.85. The van der Waals surface area contributed by atoms with Crippen molar-refractivity contribution >= 4 is 5.78 Å². The van der Waals surface area contributed by atoms with Gasteiger partial charge in [-0.05, 0) is 36.4 Å². The lowest BCUT2D eigenvalue weighted by Crippen LogP contribution is -2.03. The van der Waals surface area contributed by atoms with Gasteiger partial charge in [-0.25, -0.2) is 4.39 Å². The van der Waals surface area contributed by atoms with Gasteiger partial charge in [0.1, 0.15) is 11.5 Å². The van der Waals surface area contributed by atoms with E-state index in [1.807, 2.05) is 0 Å². The fourth-order valence-electron chi connectivity index (χ4n) is 1.25. The molecule has 0 radical (unpaired) electrons. The van der Waals surface area contributed by atoms with Crippen molar-refractivity contribution in [3.8, 4) is 0 Å². The maximum Gasteiger partial charge on any atom is 0.211 e. The Morgan fingerprint density at radius 3 is 2.31 bits per heavy atom. The zero-order valence-electron chi connectivity index (χ0n) is 7.85. The lowest BCUT2D eigenvalue weighted by atomic mass is 10.1. The van der Waals surface area contributed by atoms with Crippen molar-refractivity contribution < 1.29 is 9.18 Å². The number of rotatable bonds is 2. The Balaban J connectivity index is 0.00000128. The van der Waals surface area contributed by atoms with Gasteiger partial charge in [0.05, 0.1) is 0 Å². The molecule has 0 aliphatic rings. The molecule has 0 unspecified atom stereocenters. The SMILES string of the molecule is C.O=C(c1ccc(F)cc1)c1ccccn1. The van der Waals surface area contributed by atoms with E-state index in [1.165, 1.54) is 24.3 Å². The van der Waals surface area contributed by atoms with E-state index in [9.17, 15) is 9.18 Å². The highest BCUT2D eigenvalue weighted by Gasteiger charge is 2.08. The van der Waals surface area contributed by atoms with Crippen LogP contribution in [0.4, 0.5) is 4.39 Å². The number of pyridine rings is 1. The van der Waals surface area contributed by atoms with Crippen molar-refractivity contribution in [3.63, 3.8) is 0 Å². The van der Waals surface area contributed by atoms with Crippen molar-refractivity contribution in [2.24, 2.45) is 0 Å².